The second-order valence-corrected chi connectivity index (χ2v) is 5.31. The Hall–Kier alpha value is -1.89. The van der Waals surface area contributed by atoms with Gasteiger partial charge in [-0.25, -0.2) is 4.79 Å². The van der Waals surface area contributed by atoms with E-state index in [2.05, 4.69) is 10.1 Å². The van der Waals surface area contributed by atoms with Crippen molar-refractivity contribution in [3.63, 3.8) is 0 Å². The highest BCUT2D eigenvalue weighted by Gasteiger charge is 2.23. The topological polar surface area (TPSA) is 50.8 Å². The fraction of sp³-hybridized carbons (Fsp3) is 0.562. The number of para-hydroxylation sites is 1. The van der Waals surface area contributed by atoms with Crippen LogP contribution in [0.1, 0.15) is 25.3 Å². The van der Waals surface area contributed by atoms with Gasteiger partial charge in [-0.15, -0.1) is 0 Å². The quantitative estimate of drug-likeness (QED) is 0.873. The zero-order valence-electron chi connectivity index (χ0n) is 13.1. The average molecular weight is 328 g/mol. The van der Waals surface area contributed by atoms with Crippen LogP contribution >= 0.6 is 0 Å². The summed E-state index contributed by atoms with van der Waals surface area (Å²) in [4.78, 5) is 13.9. The van der Waals surface area contributed by atoms with Crippen LogP contribution in [0.3, 0.4) is 0 Å². The SMILES string of the molecule is CCOC1CCCN(C(=O)NCc2ccccc2OC(F)F)C1. The maximum absolute atomic E-state index is 12.4. The summed E-state index contributed by atoms with van der Waals surface area (Å²) in [5.74, 6) is 0.0774. The Morgan fingerprint density at radius 1 is 1.43 bits per heavy atom. The van der Waals surface area contributed by atoms with Gasteiger partial charge in [-0.05, 0) is 25.8 Å². The van der Waals surface area contributed by atoms with Gasteiger partial charge in [0, 0.05) is 31.8 Å². The van der Waals surface area contributed by atoms with E-state index < -0.39 is 6.61 Å². The van der Waals surface area contributed by atoms with Crippen molar-refractivity contribution in [3.8, 4) is 5.75 Å². The Kier molecular flexibility index (Phi) is 6.58. The number of nitrogens with zero attached hydrogens (tertiary/aromatic N) is 1. The molecular formula is C16H22F2N2O3. The number of likely N-dealkylation sites (tertiary alicyclic amines) is 1. The summed E-state index contributed by atoms with van der Waals surface area (Å²) in [5, 5.41) is 2.75. The van der Waals surface area contributed by atoms with Crippen LogP contribution in [0.4, 0.5) is 13.6 Å². The first-order valence-corrected chi connectivity index (χ1v) is 7.77. The average Bonchev–Trinajstić information content (AvgIpc) is 2.54. The maximum atomic E-state index is 12.4. The number of rotatable bonds is 6. The van der Waals surface area contributed by atoms with E-state index in [9.17, 15) is 13.6 Å². The molecular weight excluding hydrogens is 306 g/mol. The predicted octanol–water partition coefficient (Wildman–Crippen LogP) is 3.00. The van der Waals surface area contributed by atoms with E-state index >= 15 is 0 Å². The van der Waals surface area contributed by atoms with Gasteiger partial charge in [0.2, 0.25) is 0 Å². The van der Waals surface area contributed by atoms with Crippen LogP contribution < -0.4 is 10.1 Å². The molecule has 1 atom stereocenters. The molecule has 7 heteroatoms. The summed E-state index contributed by atoms with van der Waals surface area (Å²) in [6.07, 6.45) is 1.90. The van der Waals surface area contributed by atoms with Gasteiger partial charge in [-0.1, -0.05) is 18.2 Å². The van der Waals surface area contributed by atoms with Crippen molar-refractivity contribution in [2.24, 2.45) is 0 Å². The first kappa shape index (κ1) is 17.5. The predicted molar refractivity (Wildman–Crippen MR) is 81.5 cm³/mol. The van der Waals surface area contributed by atoms with E-state index in [1.54, 1.807) is 23.1 Å². The number of amides is 2. The summed E-state index contributed by atoms with van der Waals surface area (Å²) in [7, 11) is 0. The number of carbonyl (C=O) groups is 1. The van der Waals surface area contributed by atoms with Crippen LogP contribution in [-0.2, 0) is 11.3 Å². The Bertz CT molecular complexity index is 512. The van der Waals surface area contributed by atoms with Gasteiger partial charge in [0.15, 0.2) is 0 Å². The minimum Gasteiger partial charge on any atom is -0.434 e. The molecule has 1 heterocycles. The van der Waals surface area contributed by atoms with Crippen molar-refractivity contribution < 1.29 is 23.0 Å². The molecule has 2 amide bonds. The van der Waals surface area contributed by atoms with Crippen LogP contribution in [0.25, 0.3) is 0 Å². The number of halogens is 2. The molecule has 0 spiro atoms. The summed E-state index contributed by atoms with van der Waals surface area (Å²) in [5.41, 5.74) is 0.513. The van der Waals surface area contributed by atoms with E-state index in [-0.39, 0.29) is 24.4 Å². The van der Waals surface area contributed by atoms with Crippen LogP contribution in [0, 0.1) is 0 Å². The Morgan fingerprint density at radius 2 is 2.22 bits per heavy atom. The molecule has 0 aliphatic carbocycles. The van der Waals surface area contributed by atoms with E-state index in [1.165, 1.54) is 6.07 Å². The molecule has 1 fully saturated rings. The highest BCUT2D eigenvalue weighted by molar-refractivity contribution is 5.74. The summed E-state index contributed by atoms with van der Waals surface area (Å²) >= 11 is 0. The minimum absolute atomic E-state index is 0.0638. The fourth-order valence-corrected chi connectivity index (χ4v) is 2.64. The fourth-order valence-electron chi connectivity index (χ4n) is 2.64. The number of ether oxygens (including phenoxy) is 2. The number of carbonyl (C=O) groups excluding carboxylic acids is 1. The second-order valence-electron chi connectivity index (χ2n) is 5.31. The molecule has 0 aromatic heterocycles. The third-order valence-electron chi connectivity index (χ3n) is 3.69. The van der Waals surface area contributed by atoms with Crippen molar-refractivity contribution in [1.82, 2.24) is 10.2 Å². The number of hydrogen-bond acceptors (Lipinski definition) is 3. The minimum atomic E-state index is -2.89. The molecule has 128 valence electrons. The third-order valence-corrected chi connectivity index (χ3v) is 3.69. The Labute approximate surface area is 134 Å². The first-order valence-electron chi connectivity index (χ1n) is 7.77. The molecule has 1 saturated heterocycles. The zero-order valence-corrected chi connectivity index (χ0v) is 13.1. The number of alkyl halides is 2. The molecule has 0 radical (unpaired) electrons. The van der Waals surface area contributed by atoms with Crippen molar-refractivity contribution >= 4 is 6.03 Å². The number of nitrogens with one attached hydrogen (secondary N) is 1. The molecule has 1 aromatic rings. The van der Waals surface area contributed by atoms with Crippen LogP contribution in [0.2, 0.25) is 0 Å². The molecule has 0 saturated carbocycles. The van der Waals surface area contributed by atoms with E-state index in [4.69, 9.17) is 4.74 Å². The van der Waals surface area contributed by atoms with E-state index in [0.29, 0.717) is 25.3 Å². The van der Waals surface area contributed by atoms with Gasteiger partial charge < -0.3 is 19.7 Å². The smallest absolute Gasteiger partial charge is 0.387 e. The second kappa shape index (κ2) is 8.67. The molecule has 5 nitrogen and oxygen atoms in total. The molecule has 1 aliphatic heterocycles. The molecule has 23 heavy (non-hydrogen) atoms. The maximum Gasteiger partial charge on any atom is 0.387 e. The molecule has 1 aromatic carbocycles. The van der Waals surface area contributed by atoms with Gasteiger partial charge in [-0.3, -0.25) is 0 Å². The van der Waals surface area contributed by atoms with Crippen molar-refractivity contribution in [1.29, 1.82) is 0 Å². The van der Waals surface area contributed by atoms with Crippen molar-refractivity contribution in [3.05, 3.63) is 29.8 Å². The summed E-state index contributed by atoms with van der Waals surface area (Å²) < 4.78 is 34.8. The standard InChI is InChI=1S/C16H22F2N2O3/c1-2-22-13-7-5-9-20(11-13)16(21)19-10-12-6-3-4-8-14(12)23-15(17)18/h3-4,6,8,13,15H,2,5,7,9-11H2,1H3,(H,19,21). The lowest BCUT2D eigenvalue weighted by molar-refractivity contribution is -0.0504. The zero-order chi connectivity index (χ0) is 16.7. The van der Waals surface area contributed by atoms with Gasteiger partial charge in [0.05, 0.1) is 6.10 Å². The van der Waals surface area contributed by atoms with Gasteiger partial charge in [0.25, 0.3) is 0 Å². The molecule has 1 unspecified atom stereocenters. The van der Waals surface area contributed by atoms with Crippen LogP contribution in [0.5, 0.6) is 5.75 Å². The third kappa shape index (κ3) is 5.35. The largest absolute Gasteiger partial charge is 0.434 e. The van der Waals surface area contributed by atoms with Gasteiger partial charge in [0.1, 0.15) is 5.75 Å². The highest BCUT2D eigenvalue weighted by atomic mass is 19.3. The number of hydrogen-bond donors (Lipinski definition) is 1. The van der Waals surface area contributed by atoms with Gasteiger partial charge >= 0.3 is 12.6 Å². The first-order chi connectivity index (χ1) is 11.1. The lowest BCUT2D eigenvalue weighted by Gasteiger charge is -2.32. The molecule has 2 rings (SSSR count). The Morgan fingerprint density at radius 3 is 2.96 bits per heavy atom. The van der Waals surface area contributed by atoms with Gasteiger partial charge in [-0.2, -0.15) is 8.78 Å². The highest BCUT2D eigenvalue weighted by Crippen LogP contribution is 2.20. The summed E-state index contributed by atoms with van der Waals surface area (Å²) in [6.45, 7) is 1.02. The molecule has 1 N–H and O–H groups in total. The Balaban J connectivity index is 1.89. The van der Waals surface area contributed by atoms with Crippen LogP contribution in [-0.4, -0.2) is 43.3 Å². The van der Waals surface area contributed by atoms with E-state index in [1.807, 2.05) is 6.92 Å². The summed E-state index contributed by atoms with van der Waals surface area (Å²) in [6, 6.07) is 6.21. The number of benzene rings is 1. The lowest BCUT2D eigenvalue weighted by atomic mass is 10.1. The number of piperidine rings is 1. The lowest BCUT2D eigenvalue weighted by Crippen LogP contribution is -2.47. The van der Waals surface area contributed by atoms with Crippen molar-refractivity contribution in [2.75, 3.05) is 19.7 Å². The van der Waals surface area contributed by atoms with Crippen molar-refractivity contribution in [2.45, 2.75) is 39.0 Å². The van der Waals surface area contributed by atoms with Crippen LogP contribution in [0.15, 0.2) is 24.3 Å². The molecule has 0 bridgehead atoms. The number of urea groups is 1. The van der Waals surface area contributed by atoms with E-state index in [0.717, 1.165) is 12.8 Å². The monoisotopic (exact) mass is 328 g/mol. The molecule has 1 aliphatic rings. The normalized spacial score (nSPS) is 18.1.